The standard InChI is InChI=1S/C23H30N4O2.CH2O2/c1-16(2)25-23-17-8-6-9-24-22(17)18-14-20(28-3)21(15-19(18)26-23)29-13-7-12-27-10-4-5-11-27;2-1-3/h6,8-9,14-16H,4-5,7,10-13H2,1-3H3,(H,25,26);1H,(H,2,3). The summed E-state index contributed by atoms with van der Waals surface area (Å²) in [5, 5.41) is 12.3. The molecule has 3 aromatic rings. The quantitative estimate of drug-likeness (QED) is 0.306. The Morgan fingerprint density at radius 1 is 1.22 bits per heavy atom. The number of fused-ring (bicyclic) bond motifs is 3. The fourth-order valence-electron chi connectivity index (χ4n) is 3.96. The van der Waals surface area contributed by atoms with Crippen LogP contribution in [0.1, 0.15) is 33.1 Å². The van der Waals surface area contributed by atoms with Crippen molar-refractivity contribution in [3.63, 3.8) is 0 Å². The van der Waals surface area contributed by atoms with Gasteiger partial charge in [0.15, 0.2) is 11.5 Å². The number of benzene rings is 1. The minimum Gasteiger partial charge on any atom is -0.493 e. The summed E-state index contributed by atoms with van der Waals surface area (Å²) in [7, 11) is 1.68. The lowest BCUT2D eigenvalue weighted by Gasteiger charge is -2.17. The molecule has 8 heteroatoms. The highest BCUT2D eigenvalue weighted by Crippen LogP contribution is 2.36. The van der Waals surface area contributed by atoms with Gasteiger partial charge in [-0.2, -0.15) is 0 Å². The van der Waals surface area contributed by atoms with Crippen molar-refractivity contribution in [2.75, 3.05) is 38.7 Å². The Kier molecular flexibility index (Phi) is 8.44. The number of likely N-dealkylation sites (tertiary alicyclic amines) is 1. The van der Waals surface area contributed by atoms with E-state index < -0.39 is 0 Å². The molecule has 0 aliphatic carbocycles. The molecule has 0 atom stereocenters. The van der Waals surface area contributed by atoms with Gasteiger partial charge in [0, 0.05) is 35.6 Å². The van der Waals surface area contributed by atoms with E-state index in [4.69, 9.17) is 24.4 Å². The van der Waals surface area contributed by atoms with Crippen molar-refractivity contribution >= 4 is 34.1 Å². The molecule has 0 spiro atoms. The van der Waals surface area contributed by atoms with Gasteiger partial charge in [0.1, 0.15) is 5.82 Å². The van der Waals surface area contributed by atoms with Gasteiger partial charge in [0.25, 0.3) is 6.47 Å². The number of hydrogen-bond donors (Lipinski definition) is 2. The van der Waals surface area contributed by atoms with Gasteiger partial charge in [-0.25, -0.2) is 4.98 Å². The van der Waals surface area contributed by atoms with Crippen LogP contribution in [0.2, 0.25) is 0 Å². The zero-order valence-corrected chi connectivity index (χ0v) is 19.0. The van der Waals surface area contributed by atoms with Gasteiger partial charge in [-0.1, -0.05) is 0 Å². The lowest BCUT2D eigenvalue weighted by Crippen LogP contribution is -2.21. The molecule has 2 N–H and O–H groups in total. The Hall–Kier alpha value is -3.13. The van der Waals surface area contributed by atoms with Gasteiger partial charge in [-0.05, 0) is 64.4 Å². The van der Waals surface area contributed by atoms with E-state index in [2.05, 4.69) is 35.1 Å². The van der Waals surface area contributed by atoms with Crippen molar-refractivity contribution in [3.8, 4) is 11.5 Å². The molecule has 8 nitrogen and oxygen atoms in total. The van der Waals surface area contributed by atoms with Crippen molar-refractivity contribution in [2.45, 2.75) is 39.2 Å². The number of aromatic nitrogens is 2. The summed E-state index contributed by atoms with van der Waals surface area (Å²) in [6, 6.07) is 8.24. The van der Waals surface area contributed by atoms with Crippen LogP contribution in [-0.4, -0.2) is 65.8 Å². The summed E-state index contributed by atoms with van der Waals surface area (Å²) >= 11 is 0. The molecule has 0 amide bonds. The van der Waals surface area contributed by atoms with Gasteiger partial charge in [0.05, 0.1) is 24.8 Å². The average Bonchev–Trinajstić information content (AvgIpc) is 3.30. The summed E-state index contributed by atoms with van der Waals surface area (Å²) in [5.41, 5.74) is 1.77. The number of carboxylic acid groups (broad SMARTS) is 1. The van der Waals surface area contributed by atoms with Gasteiger partial charge >= 0.3 is 0 Å². The van der Waals surface area contributed by atoms with E-state index >= 15 is 0 Å². The maximum absolute atomic E-state index is 8.36. The SMILES string of the molecule is COc1cc2c(cc1OCCCN1CCCC1)nc(NC(C)C)c1cccnc12.O=CO. The van der Waals surface area contributed by atoms with Crippen LogP contribution in [0.4, 0.5) is 5.82 Å². The largest absolute Gasteiger partial charge is 0.493 e. The summed E-state index contributed by atoms with van der Waals surface area (Å²) < 4.78 is 11.7. The molecule has 32 heavy (non-hydrogen) atoms. The molecular formula is C24H32N4O4. The average molecular weight is 441 g/mol. The summed E-state index contributed by atoms with van der Waals surface area (Å²) in [5.74, 6) is 2.30. The van der Waals surface area contributed by atoms with E-state index in [1.54, 1.807) is 7.11 Å². The number of methoxy groups -OCH3 is 1. The first kappa shape index (κ1) is 23.5. The molecule has 0 saturated carbocycles. The molecule has 1 fully saturated rings. The number of carbonyl (C=O) groups is 1. The zero-order chi connectivity index (χ0) is 22.9. The van der Waals surface area contributed by atoms with Crippen molar-refractivity contribution in [3.05, 3.63) is 30.5 Å². The highest BCUT2D eigenvalue weighted by Gasteiger charge is 2.15. The van der Waals surface area contributed by atoms with Crippen molar-refractivity contribution < 1.29 is 19.4 Å². The van der Waals surface area contributed by atoms with E-state index in [1.165, 1.54) is 25.9 Å². The van der Waals surface area contributed by atoms with E-state index in [0.29, 0.717) is 6.61 Å². The molecule has 4 rings (SSSR count). The maximum Gasteiger partial charge on any atom is 0.290 e. The number of nitrogens with one attached hydrogen (secondary N) is 1. The van der Waals surface area contributed by atoms with Crippen LogP contribution in [0.3, 0.4) is 0 Å². The number of hydrogen-bond acceptors (Lipinski definition) is 7. The molecule has 0 radical (unpaired) electrons. The van der Waals surface area contributed by atoms with Crippen LogP contribution >= 0.6 is 0 Å². The highest BCUT2D eigenvalue weighted by atomic mass is 16.5. The zero-order valence-electron chi connectivity index (χ0n) is 19.0. The lowest BCUT2D eigenvalue weighted by atomic mass is 10.1. The fraction of sp³-hybridized carbons (Fsp3) is 0.458. The molecule has 3 heterocycles. The second kappa shape index (κ2) is 11.5. The number of rotatable bonds is 8. The Balaban J connectivity index is 0.000000913. The first-order valence-electron chi connectivity index (χ1n) is 11.0. The molecule has 0 bridgehead atoms. The first-order valence-corrected chi connectivity index (χ1v) is 11.0. The maximum atomic E-state index is 8.36. The van der Waals surface area contributed by atoms with Gasteiger partial charge < -0.3 is 24.8 Å². The third-order valence-corrected chi connectivity index (χ3v) is 5.33. The molecule has 1 aliphatic rings. The van der Waals surface area contributed by atoms with Crippen LogP contribution < -0.4 is 14.8 Å². The van der Waals surface area contributed by atoms with Crippen molar-refractivity contribution in [1.29, 1.82) is 0 Å². The molecular weight excluding hydrogens is 408 g/mol. The number of ether oxygens (including phenoxy) is 2. The van der Waals surface area contributed by atoms with Crippen LogP contribution in [0.15, 0.2) is 30.5 Å². The van der Waals surface area contributed by atoms with E-state index in [1.807, 2.05) is 24.4 Å². The Bertz CT molecular complexity index is 1040. The van der Waals surface area contributed by atoms with E-state index in [9.17, 15) is 0 Å². The number of nitrogens with zero attached hydrogens (tertiary/aromatic N) is 3. The number of anilines is 1. The van der Waals surface area contributed by atoms with Crippen molar-refractivity contribution in [2.24, 2.45) is 0 Å². The summed E-state index contributed by atoms with van der Waals surface area (Å²) in [6.45, 7) is 8.16. The van der Waals surface area contributed by atoms with Gasteiger partial charge in [0.2, 0.25) is 0 Å². The second-order valence-electron chi connectivity index (χ2n) is 8.04. The minimum absolute atomic E-state index is 0.250. The Labute approximate surface area is 188 Å². The molecule has 2 aromatic heterocycles. The minimum atomic E-state index is -0.250. The van der Waals surface area contributed by atoms with Crippen LogP contribution in [0, 0.1) is 0 Å². The Morgan fingerprint density at radius 3 is 2.66 bits per heavy atom. The third-order valence-electron chi connectivity index (χ3n) is 5.33. The monoisotopic (exact) mass is 440 g/mol. The molecule has 1 saturated heterocycles. The molecule has 172 valence electrons. The topological polar surface area (TPSA) is 96.8 Å². The van der Waals surface area contributed by atoms with Gasteiger partial charge in [-0.3, -0.25) is 9.78 Å². The normalized spacial score (nSPS) is 13.8. The van der Waals surface area contributed by atoms with Crippen LogP contribution in [0.25, 0.3) is 21.8 Å². The number of pyridine rings is 2. The van der Waals surface area contributed by atoms with E-state index in [-0.39, 0.29) is 12.5 Å². The Morgan fingerprint density at radius 2 is 1.97 bits per heavy atom. The molecule has 0 unspecified atom stereocenters. The van der Waals surface area contributed by atoms with Crippen molar-refractivity contribution in [1.82, 2.24) is 14.9 Å². The molecule has 1 aromatic carbocycles. The highest BCUT2D eigenvalue weighted by molar-refractivity contribution is 6.08. The molecule has 1 aliphatic heterocycles. The van der Waals surface area contributed by atoms with Crippen LogP contribution in [0.5, 0.6) is 11.5 Å². The summed E-state index contributed by atoms with van der Waals surface area (Å²) in [4.78, 5) is 20.4. The van der Waals surface area contributed by atoms with Crippen LogP contribution in [-0.2, 0) is 4.79 Å². The fourth-order valence-corrected chi connectivity index (χ4v) is 3.96. The summed E-state index contributed by atoms with van der Waals surface area (Å²) in [6.07, 6.45) is 5.46. The second-order valence-corrected chi connectivity index (χ2v) is 8.04. The predicted molar refractivity (Wildman–Crippen MR) is 127 cm³/mol. The smallest absolute Gasteiger partial charge is 0.290 e. The van der Waals surface area contributed by atoms with E-state index in [0.717, 1.165) is 52.1 Å². The van der Waals surface area contributed by atoms with Gasteiger partial charge in [-0.15, -0.1) is 0 Å². The third kappa shape index (κ3) is 5.76. The predicted octanol–water partition coefficient (Wildman–Crippen LogP) is 4.18. The first-order chi connectivity index (χ1) is 15.6. The lowest BCUT2D eigenvalue weighted by molar-refractivity contribution is -0.122.